The molecule has 4 heteroatoms. The lowest BCUT2D eigenvalue weighted by atomic mass is 9.96. The van der Waals surface area contributed by atoms with Crippen LogP contribution in [-0.4, -0.2) is 18.7 Å². The zero-order valence-corrected chi connectivity index (χ0v) is 12.6. The first-order valence-corrected chi connectivity index (χ1v) is 7.32. The number of allylic oxidation sites excluding steroid dienone is 2. The van der Waals surface area contributed by atoms with Crippen LogP contribution in [0, 0.1) is 19.8 Å². The Hall–Kier alpha value is -2.10. The number of benzene rings is 1. The second-order valence-electron chi connectivity index (χ2n) is 5.39. The van der Waals surface area contributed by atoms with E-state index in [0.717, 1.165) is 24.8 Å². The van der Waals surface area contributed by atoms with Crippen molar-refractivity contribution in [3.63, 3.8) is 0 Å². The molecule has 112 valence electrons. The smallest absolute Gasteiger partial charge is 0.277 e. The minimum Gasteiger partial charge on any atom is -0.484 e. The number of rotatable bonds is 5. The van der Waals surface area contributed by atoms with Gasteiger partial charge in [0.25, 0.3) is 5.91 Å². The van der Waals surface area contributed by atoms with E-state index < -0.39 is 0 Å². The average Bonchev–Trinajstić information content (AvgIpc) is 2.49. The number of nitrogens with one attached hydrogen (secondary N) is 1. The van der Waals surface area contributed by atoms with Gasteiger partial charge >= 0.3 is 0 Å². The summed E-state index contributed by atoms with van der Waals surface area (Å²) in [7, 11) is 0. The van der Waals surface area contributed by atoms with Gasteiger partial charge in [-0.25, -0.2) is 5.43 Å². The molecule has 1 atom stereocenters. The van der Waals surface area contributed by atoms with Crippen molar-refractivity contribution >= 4 is 12.1 Å². The van der Waals surface area contributed by atoms with Gasteiger partial charge in [0.05, 0.1) is 0 Å². The predicted octanol–water partition coefficient (Wildman–Crippen LogP) is 3.14. The van der Waals surface area contributed by atoms with E-state index >= 15 is 0 Å². The van der Waals surface area contributed by atoms with Gasteiger partial charge in [0.2, 0.25) is 0 Å². The van der Waals surface area contributed by atoms with Crippen LogP contribution in [-0.2, 0) is 4.79 Å². The zero-order valence-electron chi connectivity index (χ0n) is 12.6. The number of nitrogens with zero attached hydrogens (tertiary/aromatic N) is 1. The minimum absolute atomic E-state index is 0.0234. The van der Waals surface area contributed by atoms with Crippen molar-refractivity contribution in [3.8, 4) is 5.75 Å². The van der Waals surface area contributed by atoms with Crippen molar-refractivity contribution in [1.29, 1.82) is 0 Å². The van der Waals surface area contributed by atoms with E-state index in [-0.39, 0.29) is 12.5 Å². The second kappa shape index (κ2) is 7.62. The summed E-state index contributed by atoms with van der Waals surface area (Å²) in [6.07, 6.45) is 9.33. The number of carbonyl (C=O) groups is 1. The maximum absolute atomic E-state index is 11.6. The molecule has 21 heavy (non-hydrogen) atoms. The number of hydrogen-bond donors (Lipinski definition) is 1. The fourth-order valence-electron chi connectivity index (χ4n) is 2.15. The van der Waals surface area contributed by atoms with E-state index in [0.29, 0.717) is 11.7 Å². The standard InChI is InChI=1S/C17H22N2O2/c1-13-8-9-16(10-14(13)2)21-12-17(20)19-18-11-15-6-4-3-5-7-15/h3-4,8-11,15H,5-7,12H2,1-2H3,(H,19,20)/b18-11-/t15-/m1/s1. The Kier molecular flexibility index (Phi) is 5.55. The predicted molar refractivity (Wildman–Crippen MR) is 84.5 cm³/mol. The van der Waals surface area contributed by atoms with Crippen molar-refractivity contribution in [3.05, 3.63) is 41.5 Å². The molecule has 2 rings (SSSR count). The number of carbonyl (C=O) groups excluding carboxylic acids is 1. The van der Waals surface area contributed by atoms with Crippen molar-refractivity contribution in [1.82, 2.24) is 5.43 Å². The lowest BCUT2D eigenvalue weighted by molar-refractivity contribution is -0.123. The highest BCUT2D eigenvalue weighted by molar-refractivity contribution is 5.78. The maximum Gasteiger partial charge on any atom is 0.277 e. The molecule has 1 aromatic carbocycles. The Morgan fingerprint density at radius 2 is 2.24 bits per heavy atom. The van der Waals surface area contributed by atoms with Gasteiger partial charge in [-0.1, -0.05) is 18.2 Å². The van der Waals surface area contributed by atoms with Crippen LogP contribution >= 0.6 is 0 Å². The molecule has 1 aromatic rings. The second-order valence-corrected chi connectivity index (χ2v) is 5.39. The summed E-state index contributed by atoms with van der Waals surface area (Å²) in [5, 5.41) is 4.00. The SMILES string of the molecule is Cc1ccc(OCC(=O)N/N=C\[C@@H]2CC=CCC2)cc1C. The number of hydrazone groups is 1. The lowest BCUT2D eigenvalue weighted by Crippen LogP contribution is -2.25. The lowest BCUT2D eigenvalue weighted by Gasteiger charge is -2.11. The number of amides is 1. The highest BCUT2D eigenvalue weighted by atomic mass is 16.5. The Bertz CT molecular complexity index is 550. The monoisotopic (exact) mass is 286 g/mol. The third kappa shape index (κ3) is 5.06. The van der Waals surface area contributed by atoms with Gasteiger partial charge < -0.3 is 4.74 Å². The van der Waals surface area contributed by atoms with Crippen LogP contribution in [0.15, 0.2) is 35.5 Å². The molecular weight excluding hydrogens is 264 g/mol. The maximum atomic E-state index is 11.6. The van der Waals surface area contributed by atoms with E-state index in [4.69, 9.17) is 4.74 Å². The molecule has 0 spiro atoms. The summed E-state index contributed by atoms with van der Waals surface area (Å²) in [4.78, 5) is 11.6. The van der Waals surface area contributed by atoms with E-state index in [1.165, 1.54) is 5.56 Å². The molecule has 0 heterocycles. The summed E-state index contributed by atoms with van der Waals surface area (Å²) < 4.78 is 5.45. The third-order valence-corrected chi connectivity index (χ3v) is 3.63. The molecule has 1 amide bonds. The molecule has 1 aliphatic carbocycles. The average molecular weight is 286 g/mol. The first-order chi connectivity index (χ1) is 10.1. The van der Waals surface area contributed by atoms with Crippen molar-refractivity contribution < 1.29 is 9.53 Å². The molecule has 0 saturated carbocycles. The Labute approximate surface area is 125 Å². The molecule has 0 radical (unpaired) electrons. The molecule has 4 nitrogen and oxygen atoms in total. The van der Waals surface area contributed by atoms with E-state index in [9.17, 15) is 4.79 Å². The van der Waals surface area contributed by atoms with Gasteiger partial charge in [0.15, 0.2) is 6.61 Å². The molecule has 0 aromatic heterocycles. The Morgan fingerprint density at radius 1 is 1.38 bits per heavy atom. The topological polar surface area (TPSA) is 50.7 Å². The first kappa shape index (κ1) is 15.3. The first-order valence-electron chi connectivity index (χ1n) is 7.32. The summed E-state index contributed by atoms with van der Waals surface area (Å²) in [5.74, 6) is 0.890. The van der Waals surface area contributed by atoms with Gasteiger partial charge in [-0.15, -0.1) is 0 Å². The minimum atomic E-state index is -0.240. The van der Waals surface area contributed by atoms with Gasteiger partial charge in [-0.2, -0.15) is 5.10 Å². The van der Waals surface area contributed by atoms with E-state index in [1.54, 1.807) is 0 Å². The van der Waals surface area contributed by atoms with Crippen molar-refractivity contribution in [2.75, 3.05) is 6.61 Å². The molecule has 0 bridgehead atoms. The summed E-state index contributed by atoms with van der Waals surface area (Å²) in [5.41, 5.74) is 4.86. The fourth-order valence-corrected chi connectivity index (χ4v) is 2.15. The van der Waals surface area contributed by atoms with E-state index in [2.05, 4.69) is 22.7 Å². The quantitative estimate of drug-likeness (QED) is 0.513. The number of hydrogen-bond acceptors (Lipinski definition) is 3. The zero-order chi connectivity index (χ0) is 15.1. The van der Waals surface area contributed by atoms with Crippen LogP contribution in [0.4, 0.5) is 0 Å². The summed E-state index contributed by atoms with van der Waals surface area (Å²) >= 11 is 0. The van der Waals surface area contributed by atoms with Crippen LogP contribution in [0.5, 0.6) is 5.75 Å². The summed E-state index contributed by atoms with van der Waals surface area (Å²) in [6.45, 7) is 4.04. The Morgan fingerprint density at radius 3 is 2.95 bits per heavy atom. The van der Waals surface area contributed by atoms with Gasteiger partial charge in [0.1, 0.15) is 5.75 Å². The van der Waals surface area contributed by atoms with Crippen LogP contribution < -0.4 is 10.2 Å². The third-order valence-electron chi connectivity index (χ3n) is 3.63. The highest BCUT2D eigenvalue weighted by Crippen LogP contribution is 2.16. The fraction of sp³-hybridized carbons (Fsp3) is 0.412. The molecular formula is C17H22N2O2. The van der Waals surface area contributed by atoms with Crippen LogP contribution in [0.2, 0.25) is 0 Å². The largest absolute Gasteiger partial charge is 0.484 e. The molecule has 0 unspecified atom stereocenters. The van der Waals surface area contributed by atoms with E-state index in [1.807, 2.05) is 38.3 Å². The van der Waals surface area contributed by atoms with Gasteiger partial charge in [-0.3, -0.25) is 4.79 Å². The van der Waals surface area contributed by atoms with Crippen molar-refractivity contribution in [2.45, 2.75) is 33.1 Å². The van der Waals surface area contributed by atoms with Crippen molar-refractivity contribution in [2.24, 2.45) is 11.0 Å². The molecule has 0 fully saturated rings. The number of ether oxygens (including phenoxy) is 1. The molecule has 0 saturated heterocycles. The van der Waals surface area contributed by atoms with Crippen LogP contribution in [0.1, 0.15) is 30.4 Å². The molecule has 0 aliphatic heterocycles. The molecule has 1 N–H and O–H groups in total. The van der Waals surface area contributed by atoms with Gasteiger partial charge in [-0.05, 0) is 62.3 Å². The van der Waals surface area contributed by atoms with Crippen LogP contribution in [0.3, 0.4) is 0 Å². The number of aryl methyl sites for hydroxylation is 2. The van der Waals surface area contributed by atoms with Crippen LogP contribution in [0.25, 0.3) is 0 Å². The normalized spacial score (nSPS) is 17.9. The Balaban J connectivity index is 1.73. The van der Waals surface area contributed by atoms with Gasteiger partial charge in [0, 0.05) is 6.21 Å². The molecule has 1 aliphatic rings. The highest BCUT2D eigenvalue weighted by Gasteiger charge is 2.07. The summed E-state index contributed by atoms with van der Waals surface area (Å²) in [6, 6.07) is 5.78.